The van der Waals surface area contributed by atoms with Crippen molar-refractivity contribution in [1.29, 1.82) is 0 Å². The number of likely N-dealkylation sites (tertiary alicyclic amines) is 1. The van der Waals surface area contributed by atoms with Crippen LogP contribution in [0.1, 0.15) is 46.5 Å². The number of benzene rings is 1. The van der Waals surface area contributed by atoms with Crippen molar-refractivity contribution < 1.29 is 14.3 Å². The van der Waals surface area contributed by atoms with E-state index in [1.807, 2.05) is 30.3 Å². The second kappa shape index (κ2) is 7.41. The van der Waals surface area contributed by atoms with Crippen LogP contribution < -0.4 is 5.32 Å². The number of hydrogen-bond acceptors (Lipinski definition) is 3. The van der Waals surface area contributed by atoms with E-state index in [-0.39, 0.29) is 24.0 Å². The molecule has 3 saturated carbocycles. The number of nitrogens with one attached hydrogen (secondary N) is 1. The Bertz CT molecular complexity index is 725. The number of para-hydroxylation sites is 1. The molecule has 1 heterocycles. The third-order valence-electron chi connectivity index (χ3n) is 7.69. The molecule has 5 rings (SSSR count). The third-order valence-corrected chi connectivity index (χ3v) is 7.69. The van der Waals surface area contributed by atoms with Crippen LogP contribution in [-0.2, 0) is 9.53 Å². The minimum absolute atomic E-state index is 0.0564. The zero-order valence-electron chi connectivity index (χ0n) is 17.2. The molecule has 4 atom stereocenters. The molecule has 1 saturated heterocycles. The lowest BCUT2D eigenvalue weighted by atomic mass is 9.45. The van der Waals surface area contributed by atoms with Gasteiger partial charge in [-0.2, -0.15) is 0 Å². The SMILES string of the molecule is C[C@H]1[C@@H](OC(=O)C2CCN(C(=O)Nc3ccccc3)CC2)C[C@H]2C[C@H]1C2(C)C. The number of piperidine rings is 1. The maximum atomic E-state index is 12.7. The first-order chi connectivity index (χ1) is 13.4. The molecule has 1 aliphatic heterocycles. The first-order valence-corrected chi connectivity index (χ1v) is 10.7. The van der Waals surface area contributed by atoms with Gasteiger partial charge in [0.05, 0.1) is 5.92 Å². The number of hydrogen-bond donors (Lipinski definition) is 1. The number of amides is 2. The van der Waals surface area contributed by atoms with Gasteiger partial charge in [-0.1, -0.05) is 39.0 Å². The molecule has 4 aliphatic rings. The molecule has 0 radical (unpaired) electrons. The number of urea groups is 1. The van der Waals surface area contributed by atoms with Gasteiger partial charge in [0.25, 0.3) is 0 Å². The molecular weight excluding hydrogens is 352 g/mol. The molecule has 4 fully saturated rings. The lowest BCUT2D eigenvalue weighted by Crippen LogP contribution is -2.57. The monoisotopic (exact) mass is 384 g/mol. The lowest BCUT2D eigenvalue weighted by Gasteiger charge is -2.61. The fraction of sp³-hybridized carbons (Fsp3) is 0.652. The Hall–Kier alpha value is -2.04. The topological polar surface area (TPSA) is 58.6 Å². The predicted molar refractivity (Wildman–Crippen MR) is 109 cm³/mol. The van der Waals surface area contributed by atoms with Gasteiger partial charge in [-0.3, -0.25) is 4.79 Å². The van der Waals surface area contributed by atoms with Crippen LogP contribution in [0.15, 0.2) is 30.3 Å². The van der Waals surface area contributed by atoms with Crippen LogP contribution in [0.2, 0.25) is 0 Å². The fourth-order valence-electron chi connectivity index (χ4n) is 5.55. The predicted octanol–water partition coefficient (Wildman–Crippen LogP) is 4.54. The van der Waals surface area contributed by atoms with E-state index in [2.05, 4.69) is 26.1 Å². The Balaban J connectivity index is 1.25. The number of fused-ring (bicyclic) bond motifs is 2. The Morgan fingerprint density at radius 1 is 1.11 bits per heavy atom. The van der Waals surface area contributed by atoms with Crippen molar-refractivity contribution in [2.45, 2.75) is 52.6 Å². The highest BCUT2D eigenvalue weighted by molar-refractivity contribution is 5.89. The maximum absolute atomic E-state index is 12.7. The average Bonchev–Trinajstić information content (AvgIpc) is 2.69. The maximum Gasteiger partial charge on any atom is 0.321 e. The first kappa shape index (κ1) is 19.3. The summed E-state index contributed by atoms with van der Waals surface area (Å²) in [5, 5.41) is 2.92. The smallest absolute Gasteiger partial charge is 0.321 e. The van der Waals surface area contributed by atoms with Crippen LogP contribution in [0.4, 0.5) is 10.5 Å². The number of ether oxygens (including phenoxy) is 1. The summed E-state index contributed by atoms with van der Waals surface area (Å²) in [6.07, 6.45) is 3.73. The average molecular weight is 385 g/mol. The van der Waals surface area contributed by atoms with Crippen LogP contribution in [0.5, 0.6) is 0 Å². The summed E-state index contributed by atoms with van der Waals surface area (Å²) in [7, 11) is 0. The number of carbonyl (C=O) groups is 2. The normalized spacial score (nSPS) is 31.6. The molecule has 1 aromatic rings. The van der Waals surface area contributed by atoms with Crippen molar-refractivity contribution in [3.8, 4) is 0 Å². The molecule has 5 nitrogen and oxygen atoms in total. The van der Waals surface area contributed by atoms with Gasteiger partial charge in [0.15, 0.2) is 0 Å². The van der Waals surface area contributed by atoms with E-state index < -0.39 is 0 Å². The highest BCUT2D eigenvalue weighted by Gasteiger charge is 2.57. The van der Waals surface area contributed by atoms with Crippen molar-refractivity contribution in [2.24, 2.45) is 29.1 Å². The summed E-state index contributed by atoms with van der Waals surface area (Å²) in [4.78, 5) is 26.9. The van der Waals surface area contributed by atoms with E-state index in [0.29, 0.717) is 49.1 Å². The van der Waals surface area contributed by atoms with E-state index in [9.17, 15) is 9.59 Å². The van der Waals surface area contributed by atoms with Crippen molar-refractivity contribution in [2.75, 3.05) is 18.4 Å². The molecule has 0 aromatic heterocycles. The number of nitrogens with zero attached hydrogens (tertiary/aromatic N) is 1. The molecule has 5 heteroatoms. The minimum Gasteiger partial charge on any atom is -0.462 e. The van der Waals surface area contributed by atoms with Gasteiger partial charge in [-0.05, 0) is 61.0 Å². The van der Waals surface area contributed by atoms with Gasteiger partial charge in [0.2, 0.25) is 0 Å². The van der Waals surface area contributed by atoms with Crippen LogP contribution in [0, 0.1) is 29.1 Å². The number of carbonyl (C=O) groups excluding carboxylic acids is 2. The van der Waals surface area contributed by atoms with Crippen molar-refractivity contribution in [1.82, 2.24) is 4.90 Å². The van der Waals surface area contributed by atoms with Crippen molar-refractivity contribution >= 4 is 17.7 Å². The second-order valence-corrected chi connectivity index (χ2v) is 9.49. The van der Waals surface area contributed by atoms with Crippen LogP contribution in [-0.4, -0.2) is 36.1 Å². The van der Waals surface area contributed by atoms with Gasteiger partial charge in [-0.15, -0.1) is 0 Å². The zero-order chi connectivity index (χ0) is 19.9. The molecule has 0 unspecified atom stereocenters. The Kier molecular flexibility index (Phi) is 5.11. The molecule has 1 N–H and O–H groups in total. The van der Waals surface area contributed by atoms with E-state index in [1.165, 1.54) is 6.42 Å². The first-order valence-electron chi connectivity index (χ1n) is 10.7. The molecule has 2 bridgehead atoms. The van der Waals surface area contributed by atoms with Gasteiger partial charge < -0.3 is 15.0 Å². The zero-order valence-corrected chi connectivity index (χ0v) is 17.2. The Labute approximate surface area is 167 Å². The Morgan fingerprint density at radius 3 is 2.39 bits per heavy atom. The summed E-state index contributed by atoms with van der Waals surface area (Å²) >= 11 is 0. The second-order valence-electron chi connectivity index (χ2n) is 9.49. The van der Waals surface area contributed by atoms with Crippen molar-refractivity contribution in [3.63, 3.8) is 0 Å². The highest BCUT2D eigenvalue weighted by Crippen LogP contribution is 2.61. The third kappa shape index (κ3) is 3.51. The molecule has 152 valence electrons. The van der Waals surface area contributed by atoms with E-state index in [4.69, 9.17) is 4.74 Å². The Morgan fingerprint density at radius 2 is 1.79 bits per heavy atom. The van der Waals surface area contributed by atoms with Crippen LogP contribution in [0.3, 0.4) is 0 Å². The number of anilines is 1. The minimum atomic E-state index is -0.0961. The largest absolute Gasteiger partial charge is 0.462 e. The summed E-state index contributed by atoms with van der Waals surface area (Å²) in [6.45, 7) is 8.15. The number of esters is 1. The quantitative estimate of drug-likeness (QED) is 0.778. The summed E-state index contributed by atoms with van der Waals surface area (Å²) in [5.41, 5.74) is 1.20. The molecule has 28 heavy (non-hydrogen) atoms. The highest BCUT2D eigenvalue weighted by atomic mass is 16.5. The summed E-state index contributed by atoms with van der Waals surface area (Å²) in [5.74, 6) is 1.67. The molecule has 1 aromatic carbocycles. The molecular formula is C23H32N2O3. The van der Waals surface area contributed by atoms with Gasteiger partial charge in [0, 0.05) is 18.8 Å². The van der Waals surface area contributed by atoms with Gasteiger partial charge in [0.1, 0.15) is 6.10 Å². The fourth-order valence-corrected chi connectivity index (χ4v) is 5.55. The van der Waals surface area contributed by atoms with Gasteiger partial charge >= 0.3 is 12.0 Å². The van der Waals surface area contributed by atoms with E-state index >= 15 is 0 Å². The standard InChI is InChI=1S/C23H32N2O3/c1-15-19-13-17(23(19,2)3)14-20(15)28-21(26)16-9-11-25(12-10-16)22(27)24-18-7-5-4-6-8-18/h4-8,15-17,19-20H,9-14H2,1-3H3,(H,24,27)/t15-,17-,19-,20+/m1/s1. The van der Waals surface area contributed by atoms with Crippen LogP contribution in [0.25, 0.3) is 0 Å². The van der Waals surface area contributed by atoms with E-state index in [0.717, 1.165) is 12.1 Å². The number of rotatable bonds is 3. The summed E-state index contributed by atoms with van der Waals surface area (Å²) < 4.78 is 5.97. The van der Waals surface area contributed by atoms with E-state index in [1.54, 1.807) is 4.90 Å². The summed E-state index contributed by atoms with van der Waals surface area (Å²) in [6, 6.07) is 9.37. The molecule has 3 aliphatic carbocycles. The lowest BCUT2D eigenvalue weighted by molar-refractivity contribution is -0.190. The van der Waals surface area contributed by atoms with Crippen molar-refractivity contribution in [3.05, 3.63) is 30.3 Å². The molecule has 0 spiro atoms. The van der Waals surface area contributed by atoms with Crippen LogP contribution >= 0.6 is 0 Å². The van der Waals surface area contributed by atoms with Gasteiger partial charge in [-0.25, -0.2) is 4.79 Å². The molecule has 2 amide bonds.